The highest BCUT2D eigenvalue weighted by Gasteiger charge is 2.10. The molecule has 3 heteroatoms. The van der Waals surface area contributed by atoms with Gasteiger partial charge in [-0.25, -0.2) is 4.99 Å². The van der Waals surface area contributed by atoms with Gasteiger partial charge >= 0.3 is 0 Å². The molecule has 1 aromatic rings. The predicted molar refractivity (Wildman–Crippen MR) is 86.9 cm³/mol. The highest BCUT2D eigenvalue weighted by atomic mass is 14.8. The molecule has 0 aliphatic carbocycles. The number of allylic oxidation sites excluding steroid dienone is 1. The third-order valence-corrected chi connectivity index (χ3v) is 3.22. The summed E-state index contributed by atoms with van der Waals surface area (Å²) >= 11 is 0. The lowest BCUT2D eigenvalue weighted by Crippen LogP contribution is -2.23. The minimum absolute atomic E-state index is 0.205. The molecule has 0 aliphatic rings. The number of aliphatic imine (C=N–C) groups is 1. The lowest BCUT2D eigenvalue weighted by molar-refractivity contribution is 0.722. The van der Waals surface area contributed by atoms with Crippen molar-refractivity contribution in [3.05, 3.63) is 41.9 Å². The van der Waals surface area contributed by atoms with Gasteiger partial charge in [0.25, 0.3) is 0 Å². The quantitative estimate of drug-likeness (QED) is 0.601. The van der Waals surface area contributed by atoms with Crippen LogP contribution in [0.5, 0.6) is 0 Å². The topological polar surface area (TPSA) is 51.3 Å². The van der Waals surface area contributed by atoms with Crippen LogP contribution < -0.4 is 5.73 Å². The van der Waals surface area contributed by atoms with Crippen molar-refractivity contribution < 1.29 is 0 Å². The van der Waals surface area contributed by atoms with Gasteiger partial charge in [0.15, 0.2) is 0 Å². The molecule has 110 valence electrons. The molecule has 0 fully saturated rings. The first kappa shape index (κ1) is 16.4. The summed E-state index contributed by atoms with van der Waals surface area (Å²) in [5, 5.41) is 0. The van der Waals surface area contributed by atoms with Crippen molar-refractivity contribution in [1.82, 2.24) is 4.98 Å². The van der Waals surface area contributed by atoms with Crippen molar-refractivity contribution in [3.63, 3.8) is 0 Å². The van der Waals surface area contributed by atoms with Gasteiger partial charge in [-0.05, 0) is 30.9 Å². The number of nitrogens with two attached hydrogens (primary N) is 1. The van der Waals surface area contributed by atoms with Crippen LogP contribution in [0.15, 0.2) is 35.5 Å². The highest BCUT2D eigenvalue weighted by molar-refractivity contribution is 5.83. The van der Waals surface area contributed by atoms with Crippen LogP contribution >= 0.6 is 0 Å². The third-order valence-electron chi connectivity index (χ3n) is 3.22. The number of aromatic nitrogens is 1. The van der Waals surface area contributed by atoms with Crippen LogP contribution in [-0.4, -0.2) is 10.8 Å². The fourth-order valence-electron chi connectivity index (χ4n) is 1.86. The minimum atomic E-state index is 0.205. The zero-order chi connectivity index (χ0) is 15.0. The molecule has 1 unspecified atom stereocenters. The molecule has 3 nitrogen and oxygen atoms in total. The molecule has 0 bridgehead atoms. The summed E-state index contributed by atoms with van der Waals surface area (Å²) in [4.78, 5) is 8.98. The first-order chi connectivity index (χ1) is 9.54. The van der Waals surface area contributed by atoms with Crippen LogP contribution in [0.2, 0.25) is 0 Å². The van der Waals surface area contributed by atoms with Crippen molar-refractivity contribution in [1.29, 1.82) is 0 Å². The fraction of sp³-hybridized carbons (Fsp3) is 0.529. The maximum atomic E-state index is 6.02. The van der Waals surface area contributed by atoms with Gasteiger partial charge in [-0.2, -0.15) is 0 Å². The van der Waals surface area contributed by atoms with Gasteiger partial charge in [-0.3, -0.25) is 4.98 Å². The first-order valence-corrected chi connectivity index (χ1v) is 7.48. The van der Waals surface area contributed by atoms with Gasteiger partial charge in [-0.15, -0.1) is 0 Å². The predicted octanol–water partition coefficient (Wildman–Crippen LogP) is 4.05. The van der Waals surface area contributed by atoms with Crippen molar-refractivity contribution in [2.45, 2.75) is 52.9 Å². The number of hydrogen-bond donors (Lipinski definition) is 1. The average molecular weight is 273 g/mol. The zero-order valence-corrected chi connectivity index (χ0v) is 13.1. The van der Waals surface area contributed by atoms with E-state index >= 15 is 0 Å². The molecule has 0 saturated heterocycles. The van der Waals surface area contributed by atoms with Gasteiger partial charge < -0.3 is 5.73 Å². The van der Waals surface area contributed by atoms with Gasteiger partial charge in [0, 0.05) is 23.5 Å². The smallest absolute Gasteiger partial charge is 0.102 e. The molecule has 1 rings (SSSR count). The number of unbranched alkanes of at least 4 members (excludes halogenated alkanes) is 1. The van der Waals surface area contributed by atoms with E-state index in [0.717, 1.165) is 30.7 Å². The lowest BCUT2D eigenvalue weighted by atomic mass is 10.0. The standard InChI is InChI=1S/C17H27N3/c1-5-6-7-11-19-17(18)14(4)12-15-9-8-10-16(20-15)13(2)3/h7-11,13-14H,5-6,12H2,1-4H3,(H2,18,19)/b11-7-. The van der Waals surface area contributed by atoms with Crippen molar-refractivity contribution in [2.24, 2.45) is 16.6 Å². The molecule has 0 aromatic carbocycles. The van der Waals surface area contributed by atoms with Crippen molar-refractivity contribution >= 4 is 5.84 Å². The summed E-state index contributed by atoms with van der Waals surface area (Å²) in [6.07, 6.45) is 6.87. The largest absolute Gasteiger partial charge is 0.387 e. The second-order valence-corrected chi connectivity index (χ2v) is 5.54. The van der Waals surface area contributed by atoms with Gasteiger partial charge in [-0.1, -0.05) is 46.3 Å². The second-order valence-electron chi connectivity index (χ2n) is 5.54. The Morgan fingerprint density at radius 3 is 2.75 bits per heavy atom. The molecule has 2 N–H and O–H groups in total. The van der Waals surface area contributed by atoms with E-state index in [2.05, 4.69) is 61.9 Å². The first-order valence-electron chi connectivity index (χ1n) is 7.48. The molecule has 0 amide bonds. The van der Waals surface area contributed by atoms with Gasteiger partial charge in [0.05, 0.1) is 0 Å². The summed E-state index contributed by atoms with van der Waals surface area (Å²) in [5.41, 5.74) is 8.23. The Balaban J connectivity index is 2.65. The molecule has 0 radical (unpaired) electrons. The Hall–Kier alpha value is -1.64. The monoisotopic (exact) mass is 273 g/mol. The summed E-state index contributed by atoms with van der Waals surface area (Å²) in [7, 11) is 0. The van der Waals surface area contributed by atoms with E-state index in [0.29, 0.717) is 11.8 Å². The van der Waals surface area contributed by atoms with Crippen LogP contribution in [0.1, 0.15) is 57.8 Å². The molecular weight excluding hydrogens is 246 g/mol. The van der Waals surface area contributed by atoms with Crippen molar-refractivity contribution in [2.75, 3.05) is 0 Å². The molecule has 1 aromatic heterocycles. The van der Waals surface area contributed by atoms with Crippen LogP contribution in [0, 0.1) is 5.92 Å². The zero-order valence-electron chi connectivity index (χ0n) is 13.1. The van der Waals surface area contributed by atoms with Crippen LogP contribution in [0.25, 0.3) is 0 Å². The maximum Gasteiger partial charge on any atom is 0.102 e. The normalized spacial score (nSPS) is 14.2. The van der Waals surface area contributed by atoms with Crippen LogP contribution in [0.3, 0.4) is 0 Å². The summed E-state index contributed by atoms with van der Waals surface area (Å²) in [6, 6.07) is 6.20. The third kappa shape index (κ3) is 5.55. The van der Waals surface area contributed by atoms with E-state index in [1.807, 2.05) is 6.20 Å². The molecule has 1 atom stereocenters. The fourth-order valence-corrected chi connectivity index (χ4v) is 1.86. The van der Waals surface area contributed by atoms with Gasteiger partial charge in [0.1, 0.15) is 5.84 Å². The molecule has 20 heavy (non-hydrogen) atoms. The van der Waals surface area contributed by atoms with Crippen LogP contribution in [-0.2, 0) is 6.42 Å². The number of hydrogen-bond acceptors (Lipinski definition) is 2. The average Bonchev–Trinajstić information content (AvgIpc) is 2.43. The Bertz CT molecular complexity index is 461. The number of pyridine rings is 1. The molecule has 0 spiro atoms. The van der Waals surface area contributed by atoms with E-state index in [9.17, 15) is 0 Å². The van der Waals surface area contributed by atoms with Crippen molar-refractivity contribution in [3.8, 4) is 0 Å². The molecular formula is C17H27N3. The Morgan fingerprint density at radius 1 is 1.35 bits per heavy atom. The SMILES string of the molecule is CCC/C=C\N=C(/N)C(C)Cc1cccc(C(C)C)n1. The van der Waals surface area contributed by atoms with E-state index < -0.39 is 0 Å². The second kappa shape index (κ2) is 8.51. The number of rotatable bonds is 7. The number of nitrogens with zero attached hydrogens (tertiary/aromatic N) is 2. The van der Waals surface area contributed by atoms with Gasteiger partial charge in [0.2, 0.25) is 0 Å². The highest BCUT2D eigenvalue weighted by Crippen LogP contribution is 2.14. The molecule has 0 aliphatic heterocycles. The molecule has 1 heterocycles. The summed E-state index contributed by atoms with van der Waals surface area (Å²) in [6.45, 7) is 8.55. The Labute approximate surface area is 123 Å². The summed E-state index contributed by atoms with van der Waals surface area (Å²) < 4.78 is 0. The van der Waals surface area contributed by atoms with Crippen LogP contribution in [0.4, 0.5) is 0 Å². The Morgan fingerprint density at radius 2 is 2.10 bits per heavy atom. The van der Waals surface area contributed by atoms with E-state index in [1.165, 1.54) is 0 Å². The van der Waals surface area contributed by atoms with E-state index in [4.69, 9.17) is 5.73 Å². The lowest BCUT2D eigenvalue weighted by Gasteiger charge is -2.12. The molecule has 0 saturated carbocycles. The number of amidine groups is 1. The maximum absolute atomic E-state index is 6.02. The van der Waals surface area contributed by atoms with E-state index in [1.54, 1.807) is 0 Å². The Kier molecular flexibility index (Phi) is 6.99. The van der Waals surface area contributed by atoms with E-state index in [-0.39, 0.29) is 5.92 Å². The summed E-state index contributed by atoms with van der Waals surface area (Å²) in [5.74, 6) is 1.33. The minimum Gasteiger partial charge on any atom is -0.387 e.